The minimum atomic E-state index is -4.32. The molecule has 3 aliphatic rings. The first-order valence-corrected chi connectivity index (χ1v) is 11.6. The number of alkyl halides is 3. The number of hydrogen-bond acceptors (Lipinski definition) is 7. The standard InChI is InChI=1S/C23H20ClF3N8/c24-16-1-2-18-14(5-16)9-33(13-23(25,26)27)10-19-31-32-20(35(18)19)15-6-22(7-15)11-34(12-22)21-29-4-3-17(8-28)30-21/h1-5,15H,6-7,9-13H2. The van der Waals surface area contributed by atoms with Crippen molar-refractivity contribution in [1.29, 1.82) is 5.26 Å². The highest BCUT2D eigenvalue weighted by molar-refractivity contribution is 6.30. The average molecular weight is 501 g/mol. The Hall–Kier alpha value is -3.23. The second-order valence-corrected chi connectivity index (χ2v) is 10.1. The van der Waals surface area contributed by atoms with Crippen molar-refractivity contribution in [1.82, 2.24) is 29.6 Å². The number of anilines is 1. The summed E-state index contributed by atoms with van der Waals surface area (Å²) in [6.45, 7) is 0.745. The number of aromatic nitrogens is 5. The maximum Gasteiger partial charge on any atom is 0.401 e. The van der Waals surface area contributed by atoms with Crippen LogP contribution in [0, 0.1) is 16.7 Å². The first kappa shape index (κ1) is 22.2. The van der Waals surface area contributed by atoms with Crippen LogP contribution in [0.5, 0.6) is 0 Å². The van der Waals surface area contributed by atoms with Gasteiger partial charge in [-0.15, -0.1) is 10.2 Å². The maximum absolute atomic E-state index is 13.2. The lowest BCUT2D eigenvalue weighted by molar-refractivity contribution is -0.148. The first-order valence-electron chi connectivity index (χ1n) is 11.2. The predicted molar refractivity (Wildman–Crippen MR) is 120 cm³/mol. The van der Waals surface area contributed by atoms with Gasteiger partial charge in [0.1, 0.15) is 17.6 Å². The van der Waals surface area contributed by atoms with E-state index in [0.717, 1.165) is 43.0 Å². The summed E-state index contributed by atoms with van der Waals surface area (Å²) in [6.07, 6.45) is -0.931. The van der Waals surface area contributed by atoms with Gasteiger partial charge in [-0.1, -0.05) is 11.6 Å². The highest BCUT2D eigenvalue weighted by Gasteiger charge is 2.55. The number of benzene rings is 1. The summed E-state index contributed by atoms with van der Waals surface area (Å²) >= 11 is 6.19. The summed E-state index contributed by atoms with van der Waals surface area (Å²) in [5.74, 6) is 2.00. The van der Waals surface area contributed by atoms with Crippen LogP contribution in [0.3, 0.4) is 0 Å². The highest BCUT2D eigenvalue weighted by atomic mass is 35.5. The molecule has 1 aromatic carbocycles. The van der Waals surface area contributed by atoms with Crippen molar-refractivity contribution in [2.24, 2.45) is 5.41 Å². The van der Waals surface area contributed by atoms with Crippen molar-refractivity contribution >= 4 is 17.5 Å². The van der Waals surface area contributed by atoms with Gasteiger partial charge in [-0.05, 0) is 42.7 Å². The normalized spacial score (nSPS) is 19.3. The Bertz CT molecular complexity index is 1330. The van der Waals surface area contributed by atoms with Crippen LogP contribution in [-0.2, 0) is 13.1 Å². The van der Waals surface area contributed by atoms with Gasteiger partial charge < -0.3 is 4.90 Å². The molecule has 1 saturated carbocycles. The Kier molecular flexibility index (Phi) is 5.02. The van der Waals surface area contributed by atoms with E-state index in [-0.39, 0.29) is 24.4 Å². The van der Waals surface area contributed by atoms with Gasteiger partial charge in [0.2, 0.25) is 5.95 Å². The van der Waals surface area contributed by atoms with Gasteiger partial charge in [-0.25, -0.2) is 9.97 Å². The molecule has 0 amide bonds. The molecule has 180 valence electrons. The van der Waals surface area contributed by atoms with Gasteiger partial charge in [0.05, 0.1) is 18.8 Å². The van der Waals surface area contributed by atoms with Crippen LogP contribution in [-0.4, -0.2) is 55.4 Å². The molecule has 8 nitrogen and oxygen atoms in total. The van der Waals surface area contributed by atoms with Crippen LogP contribution in [0.15, 0.2) is 30.5 Å². The fraction of sp³-hybridized carbons (Fsp3) is 0.435. The maximum atomic E-state index is 13.2. The number of nitrogens with zero attached hydrogens (tertiary/aromatic N) is 8. The van der Waals surface area contributed by atoms with Crippen molar-refractivity contribution in [2.45, 2.75) is 38.0 Å². The lowest BCUT2D eigenvalue weighted by Crippen LogP contribution is -2.62. The van der Waals surface area contributed by atoms with Crippen molar-refractivity contribution in [3.05, 3.63) is 58.4 Å². The second-order valence-electron chi connectivity index (χ2n) is 9.66. The van der Waals surface area contributed by atoms with Crippen molar-refractivity contribution in [2.75, 3.05) is 24.5 Å². The third-order valence-electron chi connectivity index (χ3n) is 7.02. The Balaban J connectivity index is 1.23. The summed E-state index contributed by atoms with van der Waals surface area (Å²) in [5, 5.41) is 18.3. The largest absolute Gasteiger partial charge is 0.401 e. The molecule has 4 heterocycles. The van der Waals surface area contributed by atoms with Gasteiger partial charge in [-0.2, -0.15) is 18.4 Å². The molecule has 0 unspecified atom stereocenters. The van der Waals surface area contributed by atoms with Crippen molar-refractivity contribution in [3.8, 4) is 11.8 Å². The smallest absolute Gasteiger partial charge is 0.340 e. The molecule has 0 radical (unpaired) electrons. The van der Waals surface area contributed by atoms with Gasteiger partial charge in [0, 0.05) is 42.2 Å². The van der Waals surface area contributed by atoms with E-state index in [9.17, 15) is 13.2 Å². The Labute approximate surface area is 204 Å². The summed E-state index contributed by atoms with van der Waals surface area (Å²) < 4.78 is 41.5. The fourth-order valence-corrected chi connectivity index (χ4v) is 5.81. The Morgan fingerprint density at radius 3 is 2.69 bits per heavy atom. The number of hydrogen-bond donors (Lipinski definition) is 0. The van der Waals surface area contributed by atoms with E-state index >= 15 is 0 Å². The number of halogens is 4. The van der Waals surface area contributed by atoms with Gasteiger partial charge in [-0.3, -0.25) is 9.47 Å². The molecule has 2 aliphatic heterocycles. The Morgan fingerprint density at radius 1 is 1.14 bits per heavy atom. The van der Waals surface area contributed by atoms with Crippen LogP contribution in [0.1, 0.15) is 41.7 Å². The second kappa shape index (κ2) is 7.90. The number of rotatable bonds is 3. The zero-order valence-electron chi connectivity index (χ0n) is 18.5. The molecular weight excluding hydrogens is 481 g/mol. The fourth-order valence-electron chi connectivity index (χ4n) is 5.61. The van der Waals surface area contributed by atoms with E-state index in [2.05, 4.69) is 25.1 Å². The topological polar surface area (TPSA) is 86.8 Å². The van der Waals surface area contributed by atoms with Crippen molar-refractivity contribution < 1.29 is 13.2 Å². The van der Waals surface area contributed by atoms with Crippen LogP contribution < -0.4 is 4.90 Å². The molecule has 3 aromatic rings. The molecule has 1 aliphatic carbocycles. The minimum Gasteiger partial charge on any atom is -0.340 e. The summed E-state index contributed by atoms with van der Waals surface area (Å²) in [5.41, 5.74) is 1.97. The first-order chi connectivity index (χ1) is 16.7. The minimum absolute atomic E-state index is 0.0526. The van der Waals surface area contributed by atoms with Gasteiger partial charge in [0.15, 0.2) is 5.82 Å². The van der Waals surface area contributed by atoms with Crippen LogP contribution in [0.2, 0.25) is 5.02 Å². The summed E-state index contributed by atoms with van der Waals surface area (Å²) in [4.78, 5) is 11.9. The zero-order valence-corrected chi connectivity index (χ0v) is 19.3. The molecule has 2 aromatic heterocycles. The number of fused-ring (bicyclic) bond motifs is 3. The zero-order chi connectivity index (χ0) is 24.4. The predicted octanol–water partition coefficient (Wildman–Crippen LogP) is 3.84. The SMILES string of the molecule is N#Cc1ccnc(N2CC3(CC(c4nnc5n4-c4ccc(Cl)cc4CN(CC(F)(F)F)C5)C3)C2)n1. The quantitative estimate of drug-likeness (QED) is 0.540. The lowest BCUT2D eigenvalue weighted by atomic mass is 9.57. The molecule has 6 rings (SSSR count). The van der Waals surface area contributed by atoms with Crippen LogP contribution in [0.25, 0.3) is 5.69 Å². The Morgan fingerprint density at radius 2 is 1.94 bits per heavy atom. The molecule has 2 fully saturated rings. The van der Waals surface area contributed by atoms with E-state index in [1.165, 1.54) is 4.90 Å². The monoisotopic (exact) mass is 500 g/mol. The molecule has 12 heteroatoms. The average Bonchev–Trinajstić information content (AvgIpc) is 3.07. The van der Waals surface area contributed by atoms with E-state index in [1.807, 2.05) is 16.7 Å². The summed E-state index contributed by atoms with van der Waals surface area (Å²) in [7, 11) is 0. The van der Waals surface area contributed by atoms with Gasteiger partial charge >= 0.3 is 6.18 Å². The molecule has 35 heavy (non-hydrogen) atoms. The molecule has 0 bridgehead atoms. The third kappa shape index (κ3) is 4.00. The molecule has 1 saturated heterocycles. The molecule has 1 spiro atoms. The summed E-state index contributed by atoms with van der Waals surface area (Å²) in [6, 6.07) is 8.92. The molecular formula is C23H20ClF3N8. The van der Waals surface area contributed by atoms with E-state index in [4.69, 9.17) is 16.9 Å². The lowest BCUT2D eigenvalue weighted by Gasteiger charge is -2.58. The van der Waals surface area contributed by atoms with E-state index in [0.29, 0.717) is 22.5 Å². The van der Waals surface area contributed by atoms with E-state index in [1.54, 1.807) is 24.4 Å². The van der Waals surface area contributed by atoms with Crippen LogP contribution in [0.4, 0.5) is 19.1 Å². The van der Waals surface area contributed by atoms with E-state index < -0.39 is 12.7 Å². The van der Waals surface area contributed by atoms with Crippen LogP contribution >= 0.6 is 11.6 Å². The highest BCUT2D eigenvalue weighted by Crippen LogP contribution is 2.56. The van der Waals surface area contributed by atoms with Gasteiger partial charge in [0.25, 0.3) is 0 Å². The molecule has 0 N–H and O–H groups in total. The molecule has 0 atom stereocenters. The third-order valence-corrected chi connectivity index (χ3v) is 7.25. The van der Waals surface area contributed by atoms with Crippen molar-refractivity contribution in [3.63, 3.8) is 0 Å². The number of nitriles is 1.